The van der Waals surface area contributed by atoms with Gasteiger partial charge in [0.15, 0.2) is 0 Å². The molecule has 1 aliphatic heterocycles. The number of aromatic nitrogens is 3. The summed E-state index contributed by atoms with van der Waals surface area (Å²) in [6.45, 7) is 6.77. The van der Waals surface area contributed by atoms with Crippen molar-refractivity contribution >= 4 is 17.4 Å². The maximum Gasteiger partial charge on any atom is 0.262 e. The van der Waals surface area contributed by atoms with Gasteiger partial charge < -0.3 is 19.2 Å². The van der Waals surface area contributed by atoms with Gasteiger partial charge in [0.2, 0.25) is 0 Å². The van der Waals surface area contributed by atoms with Crippen molar-refractivity contribution in [1.82, 2.24) is 14.4 Å². The fraction of sp³-hybridized carbons (Fsp3) is 0.435. The van der Waals surface area contributed by atoms with Crippen LogP contribution in [0.3, 0.4) is 0 Å². The molecule has 1 saturated heterocycles. The molecular weight excluding hydrogens is 380 g/mol. The van der Waals surface area contributed by atoms with E-state index < -0.39 is 0 Å². The fourth-order valence-electron chi connectivity index (χ4n) is 4.66. The first-order valence-electron chi connectivity index (χ1n) is 10.4. The Bertz CT molecular complexity index is 1100. The normalized spacial score (nSPS) is 25.2. The summed E-state index contributed by atoms with van der Waals surface area (Å²) in [4.78, 5) is 22.1. The summed E-state index contributed by atoms with van der Waals surface area (Å²) in [6, 6.07) is 7.24. The van der Waals surface area contributed by atoms with E-state index in [0.29, 0.717) is 23.7 Å². The van der Waals surface area contributed by atoms with Crippen molar-refractivity contribution in [2.75, 3.05) is 11.9 Å². The molecule has 3 aromatic heterocycles. The molecule has 2 aliphatic rings. The van der Waals surface area contributed by atoms with Crippen LogP contribution in [0.4, 0.5) is 5.82 Å². The minimum atomic E-state index is -0.266. The predicted molar refractivity (Wildman–Crippen MR) is 113 cm³/mol. The van der Waals surface area contributed by atoms with Crippen molar-refractivity contribution in [3.05, 3.63) is 54.1 Å². The number of pyridine rings is 2. The van der Waals surface area contributed by atoms with Crippen LogP contribution in [0.15, 0.2) is 42.9 Å². The molecule has 3 aromatic rings. The molecule has 4 heterocycles. The number of nitrogens with zero attached hydrogens (tertiary/aromatic N) is 3. The summed E-state index contributed by atoms with van der Waals surface area (Å²) in [5, 5.41) is 2.84. The van der Waals surface area contributed by atoms with Crippen molar-refractivity contribution < 1.29 is 14.3 Å². The summed E-state index contributed by atoms with van der Waals surface area (Å²) >= 11 is 0. The van der Waals surface area contributed by atoms with Gasteiger partial charge >= 0.3 is 0 Å². The molecule has 0 radical (unpaired) electrons. The predicted octanol–water partition coefficient (Wildman–Crippen LogP) is 3.98. The highest BCUT2D eigenvalue weighted by Crippen LogP contribution is 2.53. The maximum absolute atomic E-state index is 13.0. The Morgan fingerprint density at radius 1 is 1.30 bits per heavy atom. The highest BCUT2D eigenvalue weighted by molar-refractivity contribution is 6.05. The number of amides is 1. The Morgan fingerprint density at radius 2 is 2.17 bits per heavy atom. The quantitative estimate of drug-likeness (QED) is 0.693. The molecule has 0 spiro atoms. The van der Waals surface area contributed by atoms with E-state index in [2.05, 4.69) is 17.2 Å². The number of anilines is 1. The molecule has 30 heavy (non-hydrogen) atoms. The Morgan fingerprint density at radius 3 is 2.80 bits per heavy atom. The summed E-state index contributed by atoms with van der Waals surface area (Å²) in [5.74, 6) is 0.744. The summed E-state index contributed by atoms with van der Waals surface area (Å²) in [6.07, 6.45) is 8.53. The molecule has 1 saturated carbocycles. The zero-order chi connectivity index (χ0) is 20.9. The molecule has 7 heteroatoms. The van der Waals surface area contributed by atoms with Gasteiger partial charge in [-0.15, -0.1) is 0 Å². The third-order valence-corrected chi connectivity index (χ3v) is 6.15. The number of hydrogen-bond donors (Lipinski definition) is 1. The molecule has 5 rings (SSSR count). The first-order chi connectivity index (χ1) is 14.4. The first kappa shape index (κ1) is 19.1. The second kappa shape index (κ2) is 6.80. The number of fused-ring (bicyclic) bond motifs is 3. The standard InChI is InChI=1S/C23H26N4O3/c1-15(2)30-17-10-20-25-18(23-8-7-22(3,13-23)29-14-23)12-27(20)11-16(17)21(28)26-19-6-4-5-9-24-19/h4-6,9-12,15H,7-8,13-14H2,1-3H3,(H,24,26,28). The van der Waals surface area contributed by atoms with Crippen LogP contribution in [0.1, 0.15) is 56.1 Å². The van der Waals surface area contributed by atoms with Gasteiger partial charge in [0, 0.05) is 30.1 Å². The Kier molecular flexibility index (Phi) is 4.32. The molecule has 7 nitrogen and oxygen atoms in total. The van der Waals surface area contributed by atoms with Crippen LogP contribution in [0.5, 0.6) is 5.75 Å². The lowest BCUT2D eigenvalue weighted by atomic mass is 9.84. The van der Waals surface area contributed by atoms with Gasteiger partial charge in [-0.2, -0.15) is 0 Å². The third-order valence-electron chi connectivity index (χ3n) is 6.15. The molecule has 2 unspecified atom stereocenters. The monoisotopic (exact) mass is 406 g/mol. The van der Waals surface area contributed by atoms with Crippen LogP contribution in [0.2, 0.25) is 0 Å². The minimum Gasteiger partial charge on any atom is -0.490 e. The highest BCUT2D eigenvalue weighted by atomic mass is 16.5. The van der Waals surface area contributed by atoms with Crippen LogP contribution in [0, 0.1) is 0 Å². The van der Waals surface area contributed by atoms with Gasteiger partial charge in [-0.25, -0.2) is 9.97 Å². The Balaban J connectivity index is 1.53. The van der Waals surface area contributed by atoms with Gasteiger partial charge in [-0.1, -0.05) is 6.07 Å². The lowest BCUT2D eigenvalue weighted by Gasteiger charge is -2.24. The average Bonchev–Trinajstić information content (AvgIpc) is 3.38. The maximum atomic E-state index is 13.0. The molecule has 2 atom stereocenters. The van der Waals surface area contributed by atoms with Gasteiger partial charge in [0.25, 0.3) is 5.91 Å². The molecular formula is C23H26N4O3. The van der Waals surface area contributed by atoms with Crippen molar-refractivity contribution in [1.29, 1.82) is 0 Å². The lowest BCUT2D eigenvalue weighted by molar-refractivity contribution is -0.00627. The van der Waals surface area contributed by atoms with Crippen molar-refractivity contribution in [3.63, 3.8) is 0 Å². The number of ether oxygens (including phenoxy) is 2. The van der Waals surface area contributed by atoms with E-state index in [1.54, 1.807) is 18.5 Å². The van der Waals surface area contributed by atoms with Gasteiger partial charge in [0.05, 0.1) is 29.6 Å². The average molecular weight is 406 g/mol. The minimum absolute atomic E-state index is 0.0315. The third kappa shape index (κ3) is 3.23. The number of hydrogen-bond acceptors (Lipinski definition) is 5. The van der Waals surface area contributed by atoms with E-state index in [-0.39, 0.29) is 23.0 Å². The van der Waals surface area contributed by atoms with E-state index in [1.165, 1.54) is 0 Å². The molecule has 2 bridgehead atoms. The van der Waals surface area contributed by atoms with Crippen molar-refractivity contribution in [3.8, 4) is 5.75 Å². The van der Waals surface area contributed by atoms with Crippen LogP contribution in [-0.4, -0.2) is 38.6 Å². The number of nitrogens with one attached hydrogen (secondary N) is 1. The van der Waals surface area contributed by atoms with Gasteiger partial charge in [-0.3, -0.25) is 4.79 Å². The van der Waals surface area contributed by atoms with E-state index in [9.17, 15) is 4.79 Å². The van der Waals surface area contributed by atoms with Crippen LogP contribution in [-0.2, 0) is 10.2 Å². The number of carbonyl (C=O) groups excluding carboxylic acids is 1. The zero-order valence-corrected chi connectivity index (χ0v) is 17.5. The fourth-order valence-corrected chi connectivity index (χ4v) is 4.66. The Hall–Kier alpha value is -2.93. The molecule has 1 aliphatic carbocycles. The second-order valence-corrected chi connectivity index (χ2v) is 8.97. The summed E-state index contributed by atoms with van der Waals surface area (Å²) in [7, 11) is 0. The first-order valence-corrected chi connectivity index (χ1v) is 10.4. The molecule has 1 amide bonds. The van der Waals surface area contributed by atoms with Gasteiger partial charge in [-0.05, 0) is 52.2 Å². The van der Waals surface area contributed by atoms with Crippen molar-refractivity contribution in [2.45, 2.75) is 57.2 Å². The molecule has 0 aromatic carbocycles. The highest BCUT2D eigenvalue weighted by Gasteiger charge is 2.55. The topological polar surface area (TPSA) is 77.8 Å². The SMILES string of the molecule is CC(C)Oc1cc2nc(C34CCC(C)(C3)OC4)cn2cc1C(=O)Nc1ccccn1. The van der Waals surface area contributed by atoms with E-state index >= 15 is 0 Å². The Labute approximate surface area is 175 Å². The van der Waals surface area contributed by atoms with E-state index in [0.717, 1.165) is 30.6 Å². The second-order valence-electron chi connectivity index (χ2n) is 8.97. The summed E-state index contributed by atoms with van der Waals surface area (Å²) < 4.78 is 13.9. The zero-order valence-electron chi connectivity index (χ0n) is 17.5. The van der Waals surface area contributed by atoms with E-state index in [1.807, 2.05) is 42.6 Å². The van der Waals surface area contributed by atoms with Crippen LogP contribution in [0.25, 0.3) is 5.65 Å². The van der Waals surface area contributed by atoms with Crippen molar-refractivity contribution in [2.24, 2.45) is 0 Å². The number of imidazole rings is 1. The smallest absolute Gasteiger partial charge is 0.262 e. The molecule has 2 fully saturated rings. The van der Waals surface area contributed by atoms with Crippen LogP contribution >= 0.6 is 0 Å². The van der Waals surface area contributed by atoms with Crippen LogP contribution < -0.4 is 10.1 Å². The van der Waals surface area contributed by atoms with E-state index in [4.69, 9.17) is 14.5 Å². The molecule has 156 valence electrons. The summed E-state index contributed by atoms with van der Waals surface area (Å²) in [5.41, 5.74) is 2.18. The number of carbonyl (C=O) groups is 1. The van der Waals surface area contributed by atoms with Gasteiger partial charge in [0.1, 0.15) is 17.2 Å². The number of rotatable bonds is 5. The largest absolute Gasteiger partial charge is 0.490 e. The lowest BCUT2D eigenvalue weighted by Crippen LogP contribution is -2.26. The molecule has 1 N–H and O–H groups in total.